The fourth-order valence-electron chi connectivity index (χ4n) is 3.02. The van der Waals surface area contributed by atoms with Gasteiger partial charge in [0.05, 0.1) is 6.54 Å². The normalized spacial score (nSPS) is 20.4. The molecule has 4 nitrogen and oxygen atoms in total. The van der Waals surface area contributed by atoms with Crippen molar-refractivity contribution >= 4 is 18.3 Å². The molecule has 0 aliphatic heterocycles. The maximum absolute atomic E-state index is 11.8. The molecule has 0 aromatic carbocycles. The van der Waals surface area contributed by atoms with Crippen LogP contribution in [-0.2, 0) is 9.53 Å². The van der Waals surface area contributed by atoms with E-state index in [-0.39, 0.29) is 18.3 Å². The largest absolute Gasteiger partial charge is 0.385 e. The van der Waals surface area contributed by atoms with Gasteiger partial charge in [-0.25, -0.2) is 0 Å². The van der Waals surface area contributed by atoms with Gasteiger partial charge in [-0.15, -0.1) is 12.4 Å². The van der Waals surface area contributed by atoms with Crippen molar-refractivity contribution < 1.29 is 9.53 Å². The fourth-order valence-corrected chi connectivity index (χ4v) is 3.02. The van der Waals surface area contributed by atoms with Crippen molar-refractivity contribution in [3.63, 3.8) is 0 Å². The Balaban J connectivity index is 0.00000200. The molecule has 2 fully saturated rings. The van der Waals surface area contributed by atoms with Gasteiger partial charge < -0.3 is 15.4 Å². The van der Waals surface area contributed by atoms with Crippen molar-refractivity contribution in [2.24, 2.45) is 11.3 Å². The summed E-state index contributed by atoms with van der Waals surface area (Å²) in [5, 5.41) is 6.35. The van der Waals surface area contributed by atoms with Crippen LogP contribution in [-0.4, -0.2) is 39.3 Å². The molecule has 0 aromatic heterocycles. The van der Waals surface area contributed by atoms with Gasteiger partial charge in [-0.1, -0.05) is 12.8 Å². The molecule has 5 heteroatoms. The predicted octanol–water partition coefficient (Wildman–Crippen LogP) is 2.12. The number of carbonyl (C=O) groups is 1. The van der Waals surface area contributed by atoms with Gasteiger partial charge >= 0.3 is 0 Å². The van der Waals surface area contributed by atoms with E-state index < -0.39 is 0 Å². The van der Waals surface area contributed by atoms with Crippen LogP contribution in [0.2, 0.25) is 0 Å². The number of ether oxygens (including phenoxy) is 1. The zero-order chi connectivity index (χ0) is 13.6. The SMILES string of the molecule is COCCC1(CNC(=O)CNCC2CC2)CCCC1.Cl. The molecule has 2 rings (SSSR count). The van der Waals surface area contributed by atoms with Gasteiger partial charge in [0.1, 0.15) is 0 Å². The number of methoxy groups -OCH3 is 1. The summed E-state index contributed by atoms with van der Waals surface area (Å²) in [4.78, 5) is 11.8. The average molecular weight is 305 g/mol. The lowest BCUT2D eigenvalue weighted by molar-refractivity contribution is -0.120. The smallest absolute Gasteiger partial charge is 0.233 e. The Morgan fingerprint density at radius 2 is 2.00 bits per heavy atom. The maximum Gasteiger partial charge on any atom is 0.233 e. The summed E-state index contributed by atoms with van der Waals surface area (Å²) in [5.41, 5.74) is 0.294. The third-order valence-electron chi connectivity index (χ3n) is 4.58. The van der Waals surface area contributed by atoms with E-state index in [9.17, 15) is 4.79 Å². The highest BCUT2D eigenvalue weighted by molar-refractivity contribution is 5.85. The van der Waals surface area contributed by atoms with Crippen LogP contribution >= 0.6 is 12.4 Å². The highest BCUT2D eigenvalue weighted by atomic mass is 35.5. The average Bonchev–Trinajstić information content (AvgIpc) is 3.12. The zero-order valence-electron chi connectivity index (χ0n) is 12.6. The first-order chi connectivity index (χ1) is 9.24. The van der Waals surface area contributed by atoms with Crippen LogP contribution in [0.5, 0.6) is 0 Å². The lowest BCUT2D eigenvalue weighted by Gasteiger charge is -2.29. The minimum absolute atomic E-state index is 0. The van der Waals surface area contributed by atoms with Crippen molar-refractivity contribution in [1.82, 2.24) is 10.6 Å². The van der Waals surface area contributed by atoms with Crippen molar-refractivity contribution in [2.75, 3.05) is 33.4 Å². The van der Waals surface area contributed by atoms with E-state index in [0.717, 1.165) is 32.0 Å². The first-order valence-electron chi connectivity index (χ1n) is 7.70. The van der Waals surface area contributed by atoms with Crippen LogP contribution in [0.25, 0.3) is 0 Å². The number of amides is 1. The summed E-state index contributed by atoms with van der Waals surface area (Å²) in [5.74, 6) is 0.972. The molecule has 0 spiro atoms. The number of hydrogen-bond acceptors (Lipinski definition) is 3. The first kappa shape index (κ1) is 17.7. The molecule has 0 atom stereocenters. The van der Waals surface area contributed by atoms with Gasteiger partial charge in [0.2, 0.25) is 5.91 Å². The standard InChI is InChI=1S/C15H28N2O2.ClH/c1-19-9-8-15(6-2-3-7-15)12-17-14(18)11-16-10-13-4-5-13;/h13,16H,2-12H2,1H3,(H,17,18);1H. The Kier molecular flexibility index (Phi) is 7.85. The van der Waals surface area contributed by atoms with Crippen LogP contribution in [0, 0.1) is 11.3 Å². The van der Waals surface area contributed by atoms with Gasteiger partial charge in [-0.3, -0.25) is 4.79 Å². The molecule has 0 radical (unpaired) electrons. The minimum Gasteiger partial charge on any atom is -0.385 e. The molecule has 2 N–H and O–H groups in total. The summed E-state index contributed by atoms with van der Waals surface area (Å²) in [6.07, 6.45) is 8.76. The van der Waals surface area contributed by atoms with Crippen molar-refractivity contribution in [3.05, 3.63) is 0 Å². The van der Waals surface area contributed by atoms with Gasteiger partial charge in [0, 0.05) is 20.3 Å². The number of rotatable bonds is 9. The van der Waals surface area contributed by atoms with Crippen LogP contribution in [0.4, 0.5) is 0 Å². The van der Waals surface area contributed by atoms with E-state index in [1.54, 1.807) is 7.11 Å². The summed E-state index contributed by atoms with van der Waals surface area (Å²) < 4.78 is 5.21. The van der Waals surface area contributed by atoms with Crippen LogP contribution < -0.4 is 10.6 Å². The van der Waals surface area contributed by atoms with Crippen molar-refractivity contribution in [1.29, 1.82) is 0 Å². The Morgan fingerprint density at radius 3 is 2.60 bits per heavy atom. The third kappa shape index (κ3) is 5.98. The molecule has 2 aliphatic carbocycles. The predicted molar refractivity (Wildman–Crippen MR) is 83.2 cm³/mol. The summed E-state index contributed by atoms with van der Waals surface area (Å²) in [7, 11) is 1.75. The Morgan fingerprint density at radius 1 is 1.30 bits per heavy atom. The van der Waals surface area contributed by atoms with Crippen molar-refractivity contribution in [2.45, 2.75) is 44.9 Å². The molecule has 1 amide bonds. The number of halogens is 1. The summed E-state index contributed by atoms with van der Waals surface area (Å²) in [6.45, 7) is 3.09. The summed E-state index contributed by atoms with van der Waals surface area (Å²) >= 11 is 0. The van der Waals surface area contributed by atoms with Gasteiger partial charge in [-0.2, -0.15) is 0 Å². The summed E-state index contributed by atoms with van der Waals surface area (Å²) in [6, 6.07) is 0. The highest BCUT2D eigenvalue weighted by Crippen LogP contribution is 2.40. The Bertz CT molecular complexity index is 290. The van der Waals surface area contributed by atoms with Gasteiger partial charge in [-0.05, 0) is 50.0 Å². The quantitative estimate of drug-likeness (QED) is 0.686. The lowest BCUT2D eigenvalue weighted by Crippen LogP contribution is -2.41. The van der Waals surface area contributed by atoms with E-state index in [1.807, 2.05) is 0 Å². The molecular weight excluding hydrogens is 276 g/mol. The molecule has 118 valence electrons. The molecule has 2 saturated carbocycles. The van der Waals surface area contributed by atoms with Gasteiger partial charge in [0.25, 0.3) is 0 Å². The van der Waals surface area contributed by atoms with E-state index in [0.29, 0.717) is 12.0 Å². The van der Waals surface area contributed by atoms with Crippen molar-refractivity contribution in [3.8, 4) is 0 Å². The minimum atomic E-state index is 0. The van der Waals surface area contributed by atoms with Crippen LogP contribution in [0.1, 0.15) is 44.9 Å². The second-order valence-corrected chi connectivity index (χ2v) is 6.30. The first-order valence-corrected chi connectivity index (χ1v) is 7.70. The number of carbonyl (C=O) groups excluding carboxylic acids is 1. The van der Waals surface area contributed by atoms with Gasteiger partial charge in [0.15, 0.2) is 0 Å². The van der Waals surface area contributed by atoms with E-state index in [4.69, 9.17) is 4.74 Å². The lowest BCUT2D eigenvalue weighted by atomic mass is 9.83. The van der Waals surface area contributed by atoms with E-state index in [1.165, 1.54) is 38.5 Å². The van der Waals surface area contributed by atoms with E-state index >= 15 is 0 Å². The fraction of sp³-hybridized carbons (Fsp3) is 0.933. The second kappa shape index (κ2) is 8.85. The molecule has 2 aliphatic rings. The number of nitrogens with one attached hydrogen (secondary N) is 2. The molecular formula is C15H29ClN2O2. The van der Waals surface area contributed by atoms with E-state index in [2.05, 4.69) is 10.6 Å². The second-order valence-electron chi connectivity index (χ2n) is 6.30. The molecule has 0 saturated heterocycles. The maximum atomic E-state index is 11.8. The van der Waals surface area contributed by atoms with Crippen LogP contribution in [0.3, 0.4) is 0 Å². The molecule has 0 bridgehead atoms. The molecule has 0 heterocycles. The third-order valence-corrected chi connectivity index (χ3v) is 4.58. The zero-order valence-corrected chi connectivity index (χ0v) is 13.4. The highest BCUT2D eigenvalue weighted by Gasteiger charge is 2.33. The molecule has 0 unspecified atom stereocenters. The topological polar surface area (TPSA) is 50.4 Å². The molecule has 20 heavy (non-hydrogen) atoms. The number of hydrogen-bond donors (Lipinski definition) is 2. The Labute approximate surface area is 128 Å². The molecule has 0 aromatic rings. The van der Waals surface area contributed by atoms with Crippen LogP contribution in [0.15, 0.2) is 0 Å². The Hall–Kier alpha value is -0.320. The monoisotopic (exact) mass is 304 g/mol.